The summed E-state index contributed by atoms with van der Waals surface area (Å²) < 4.78 is 106. The number of nitrogens with zero attached hydrogens (tertiary/aromatic N) is 4. The van der Waals surface area contributed by atoms with Crippen molar-refractivity contribution in [1.29, 1.82) is 0 Å². The number of rotatable bonds is 33. The van der Waals surface area contributed by atoms with Crippen molar-refractivity contribution < 1.29 is 74.0 Å². The number of piperidine rings is 1. The van der Waals surface area contributed by atoms with Crippen LogP contribution in [0.15, 0.2) is 71.8 Å². The quantitative estimate of drug-likeness (QED) is 0.0249. The van der Waals surface area contributed by atoms with Gasteiger partial charge in [-0.15, -0.1) is 11.3 Å². The van der Waals surface area contributed by atoms with Crippen molar-refractivity contribution in [2.45, 2.75) is 62.8 Å². The summed E-state index contributed by atoms with van der Waals surface area (Å²) in [4.78, 5) is 76.4. The lowest BCUT2D eigenvalue weighted by molar-refractivity contribution is -0.136. The highest BCUT2D eigenvalue weighted by molar-refractivity contribution is 7.92. The second kappa shape index (κ2) is 29.7. The van der Waals surface area contributed by atoms with Crippen molar-refractivity contribution in [3.05, 3.63) is 100 Å². The van der Waals surface area contributed by atoms with Gasteiger partial charge in [0, 0.05) is 55.3 Å². The predicted octanol–water partition coefficient (Wildman–Crippen LogP) is 5.70. The number of imide groups is 2. The zero-order valence-electron chi connectivity index (χ0n) is 44.9. The molecule has 4 heterocycles. The molecule has 5 aromatic rings. The van der Waals surface area contributed by atoms with Crippen LogP contribution in [0.25, 0.3) is 21.8 Å². The molecule has 0 radical (unpaired) electrons. The SMILES string of the molecule is CC(C)(C)c1nc(-c2cccc(NS(=O)(=O)c3c(F)cccc3F)c2F)c(-c2ccnc(NCCCNC(=O)CCOCCOCCOCCOCCOCCOCCNc3cccc4c3C(=O)N(C3CCC(=O)NC3=O)C4=O)n2)s1. The largest absolute Gasteiger partial charge is 0.382 e. The number of sulfonamides is 1. The molecule has 1 saturated heterocycles. The Kier molecular flexibility index (Phi) is 22.6. The Labute approximate surface area is 470 Å². The summed E-state index contributed by atoms with van der Waals surface area (Å²) >= 11 is 1.28. The van der Waals surface area contributed by atoms with Crippen molar-refractivity contribution in [2.24, 2.45) is 0 Å². The first kappa shape index (κ1) is 61.6. The van der Waals surface area contributed by atoms with E-state index in [9.17, 15) is 41.2 Å². The number of thiazole rings is 1. The van der Waals surface area contributed by atoms with Crippen LogP contribution in [0.2, 0.25) is 0 Å². The van der Waals surface area contributed by atoms with Gasteiger partial charge < -0.3 is 44.4 Å². The van der Waals surface area contributed by atoms with Crippen LogP contribution in [-0.2, 0) is 58.2 Å². The molecule has 436 valence electrons. The predicted molar refractivity (Wildman–Crippen MR) is 292 cm³/mol. The maximum Gasteiger partial charge on any atom is 0.267 e. The summed E-state index contributed by atoms with van der Waals surface area (Å²) in [7, 11) is -4.87. The summed E-state index contributed by atoms with van der Waals surface area (Å²) in [6.45, 7) is 11.0. The van der Waals surface area contributed by atoms with E-state index in [2.05, 4.69) is 31.2 Å². The number of fused-ring (bicyclic) bond motifs is 1. The van der Waals surface area contributed by atoms with Crippen molar-refractivity contribution in [1.82, 2.24) is 30.5 Å². The monoisotopic (exact) mass is 1170 g/mol. The molecule has 22 nitrogen and oxygen atoms in total. The van der Waals surface area contributed by atoms with Crippen LogP contribution in [0.5, 0.6) is 0 Å². The summed E-state index contributed by atoms with van der Waals surface area (Å²) in [6.07, 6.45) is 2.35. The molecular formula is C54H64F3N9O13S2. The van der Waals surface area contributed by atoms with E-state index in [1.54, 1.807) is 18.2 Å². The Balaban J connectivity index is 0.681. The number of nitrogens with one attached hydrogen (secondary N) is 5. The molecule has 1 atom stereocenters. The third-order valence-corrected chi connectivity index (χ3v) is 15.1. The fourth-order valence-electron chi connectivity index (χ4n) is 8.19. The molecule has 5 N–H and O–H groups in total. The number of amides is 5. The number of ether oxygens (including phenoxy) is 6. The molecule has 1 fully saturated rings. The molecule has 1 unspecified atom stereocenters. The normalized spacial score (nSPS) is 14.5. The second-order valence-electron chi connectivity index (χ2n) is 19.2. The van der Waals surface area contributed by atoms with E-state index in [0.29, 0.717) is 120 Å². The molecule has 27 heteroatoms. The lowest BCUT2D eigenvalue weighted by Crippen LogP contribution is -2.54. The number of benzene rings is 3. The Hall–Kier alpha value is -6.98. The van der Waals surface area contributed by atoms with Crippen LogP contribution in [0.4, 0.5) is 30.5 Å². The third-order valence-electron chi connectivity index (χ3n) is 12.2. The van der Waals surface area contributed by atoms with E-state index in [1.807, 2.05) is 25.5 Å². The van der Waals surface area contributed by atoms with Gasteiger partial charge in [0.25, 0.3) is 21.8 Å². The zero-order chi connectivity index (χ0) is 57.9. The zero-order valence-corrected chi connectivity index (χ0v) is 46.5. The van der Waals surface area contributed by atoms with Gasteiger partial charge in [0.05, 0.1) is 117 Å². The number of halogens is 3. The number of hydrogen-bond acceptors (Lipinski definition) is 19. The lowest BCUT2D eigenvalue weighted by Gasteiger charge is -2.27. The van der Waals surface area contributed by atoms with Crippen molar-refractivity contribution >= 4 is 68.2 Å². The molecule has 2 aliphatic heterocycles. The second-order valence-corrected chi connectivity index (χ2v) is 21.8. The van der Waals surface area contributed by atoms with Crippen LogP contribution in [-0.4, -0.2) is 163 Å². The van der Waals surface area contributed by atoms with Gasteiger partial charge >= 0.3 is 0 Å². The maximum atomic E-state index is 16.2. The highest BCUT2D eigenvalue weighted by Gasteiger charge is 2.45. The minimum Gasteiger partial charge on any atom is -0.382 e. The summed E-state index contributed by atoms with van der Waals surface area (Å²) in [5.41, 5.74) is 0.362. The van der Waals surface area contributed by atoms with Gasteiger partial charge in [0.1, 0.15) is 17.7 Å². The molecule has 0 bridgehead atoms. The number of carbonyl (C=O) groups excluding carboxylic acids is 5. The number of carbonyl (C=O) groups is 5. The number of hydrogen-bond donors (Lipinski definition) is 5. The average molecular weight is 1170 g/mol. The van der Waals surface area contributed by atoms with Gasteiger partial charge in [-0.2, -0.15) is 0 Å². The highest BCUT2D eigenvalue weighted by Crippen LogP contribution is 2.42. The molecule has 5 amide bonds. The minimum absolute atomic E-state index is 0.0435. The maximum absolute atomic E-state index is 16.2. The van der Waals surface area contributed by atoms with Gasteiger partial charge in [0.2, 0.25) is 23.7 Å². The van der Waals surface area contributed by atoms with Crippen LogP contribution in [0, 0.1) is 17.5 Å². The van der Waals surface area contributed by atoms with E-state index in [0.717, 1.165) is 29.2 Å². The van der Waals surface area contributed by atoms with Gasteiger partial charge in [0.15, 0.2) is 10.7 Å². The molecule has 3 aromatic carbocycles. The van der Waals surface area contributed by atoms with Crippen molar-refractivity contribution in [3.63, 3.8) is 0 Å². The first-order chi connectivity index (χ1) is 38.9. The van der Waals surface area contributed by atoms with Crippen LogP contribution < -0.4 is 26.0 Å². The van der Waals surface area contributed by atoms with E-state index in [-0.39, 0.29) is 60.1 Å². The summed E-state index contributed by atoms with van der Waals surface area (Å²) in [5, 5.41) is 11.9. The van der Waals surface area contributed by atoms with Gasteiger partial charge in [-0.1, -0.05) is 39.0 Å². The Morgan fingerprint density at radius 2 is 1.31 bits per heavy atom. The highest BCUT2D eigenvalue weighted by atomic mass is 32.2. The van der Waals surface area contributed by atoms with Crippen molar-refractivity contribution in [3.8, 4) is 21.8 Å². The molecule has 2 aliphatic rings. The van der Waals surface area contributed by atoms with E-state index >= 15 is 4.39 Å². The fraction of sp³-hybridized carbons (Fsp3) is 0.444. The summed E-state index contributed by atoms with van der Waals surface area (Å²) in [6, 6.07) is 12.0. The van der Waals surface area contributed by atoms with E-state index in [4.69, 9.17) is 33.4 Å². The molecule has 0 saturated carbocycles. The first-order valence-corrected chi connectivity index (χ1v) is 28.4. The molecule has 2 aromatic heterocycles. The van der Waals surface area contributed by atoms with Crippen molar-refractivity contribution in [2.75, 3.05) is 114 Å². The van der Waals surface area contributed by atoms with Crippen LogP contribution >= 0.6 is 11.3 Å². The fourth-order valence-corrected chi connectivity index (χ4v) is 10.5. The van der Waals surface area contributed by atoms with Gasteiger partial charge in [-0.3, -0.25) is 38.9 Å². The topological polar surface area (TPSA) is 277 Å². The molecule has 0 spiro atoms. The van der Waals surface area contributed by atoms with Gasteiger partial charge in [-0.05, 0) is 55.3 Å². The number of anilines is 3. The third kappa shape index (κ3) is 17.0. The van der Waals surface area contributed by atoms with Crippen LogP contribution in [0.1, 0.15) is 72.2 Å². The van der Waals surface area contributed by atoms with E-state index < -0.39 is 73.1 Å². The smallest absolute Gasteiger partial charge is 0.267 e. The molecule has 7 rings (SSSR count). The standard InChI is InChI=1S/C54H64F3N9O13S2/c1-54(2,3)52-64-46(35-9-5-13-39(45(35)57)65-81(72,73)48-36(55)10-6-11-37(48)56)47(80-52)40-16-20-61-53(62-40)60-19-7-18-59-42(67)17-22-74-24-26-76-28-30-78-32-33-79-31-29-77-27-25-75-23-21-58-38-12-4-8-34-44(38)51(71)66(50(34)70)41-14-15-43(68)63-49(41)69/h4-6,8-13,16,20,41,58,65H,7,14-15,17-19,21-33H2,1-3H3,(H,59,67)(H,60,61,62)(H,63,68,69). The Morgan fingerprint density at radius 1 is 0.716 bits per heavy atom. The Bertz CT molecular complexity index is 3110. The Morgan fingerprint density at radius 3 is 1.94 bits per heavy atom. The molecular weight excluding hydrogens is 1100 g/mol. The first-order valence-electron chi connectivity index (χ1n) is 26.1. The number of aromatic nitrogens is 3. The summed E-state index contributed by atoms with van der Waals surface area (Å²) in [5.74, 6) is -5.83. The minimum atomic E-state index is -4.87. The molecule has 0 aliphatic carbocycles. The van der Waals surface area contributed by atoms with Crippen LogP contribution in [0.3, 0.4) is 0 Å². The molecule has 81 heavy (non-hydrogen) atoms. The van der Waals surface area contributed by atoms with E-state index in [1.165, 1.54) is 35.7 Å². The van der Waals surface area contributed by atoms with Gasteiger partial charge in [-0.25, -0.2) is 36.5 Å². The lowest BCUT2D eigenvalue weighted by atomic mass is 9.98. The average Bonchev–Trinajstić information content (AvgIpc) is 4.00.